The zero-order valence-electron chi connectivity index (χ0n) is 17.7. The Morgan fingerprint density at radius 1 is 1.15 bits per heavy atom. The lowest BCUT2D eigenvalue weighted by Crippen LogP contribution is -2.54. The SMILES string of the molecule is O=C(O)c1ccc(OCC2CN(C3=Nc4cc(Cl)ccc4Oc4ccccc43)CCN2)cc1. The molecule has 2 aliphatic rings. The van der Waals surface area contributed by atoms with Crippen LogP contribution in [0.15, 0.2) is 71.7 Å². The van der Waals surface area contributed by atoms with E-state index in [1.54, 1.807) is 18.2 Å². The van der Waals surface area contributed by atoms with Crippen LogP contribution in [0, 0.1) is 0 Å². The van der Waals surface area contributed by atoms with Crippen LogP contribution in [0.4, 0.5) is 5.69 Å². The number of fused-ring (bicyclic) bond motifs is 2. The maximum atomic E-state index is 11.0. The van der Waals surface area contributed by atoms with Crippen molar-refractivity contribution in [1.29, 1.82) is 0 Å². The normalized spacial score (nSPS) is 17.2. The molecule has 2 heterocycles. The van der Waals surface area contributed by atoms with Gasteiger partial charge in [0.15, 0.2) is 5.75 Å². The highest BCUT2D eigenvalue weighted by Gasteiger charge is 2.27. The fourth-order valence-electron chi connectivity index (χ4n) is 3.96. The number of rotatable bonds is 4. The summed E-state index contributed by atoms with van der Waals surface area (Å²) in [5, 5.41) is 13.1. The highest BCUT2D eigenvalue weighted by Crippen LogP contribution is 2.39. The lowest BCUT2D eigenvalue weighted by molar-refractivity contribution is 0.0697. The number of amidine groups is 1. The van der Waals surface area contributed by atoms with Gasteiger partial charge in [0, 0.05) is 24.7 Å². The smallest absolute Gasteiger partial charge is 0.335 e. The van der Waals surface area contributed by atoms with Crippen molar-refractivity contribution >= 4 is 29.1 Å². The molecule has 5 rings (SSSR count). The Morgan fingerprint density at radius 2 is 1.97 bits per heavy atom. The van der Waals surface area contributed by atoms with Crippen LogP contribution in [0.2, 0.25) is 5.02 Å². The van der Waals surface area contributed by atoms with E-state index in [2.05, 4.69) is 10.2 Å². The minimum atomic E-state index is -0.956. The van der Waals surface area contributed by atoms with Gasteiger partial charge in [-0.15, -0.1) is 0 Å². The van der Waals surface area contributed by atoms with Crippen LogP contribution in [0.5, 0.6) is 17.2 Å². The van der Waals surface area contributed by atoms with Crippen molar-refractivity contribution in [1.82, 2.24) is 10.2 Å². The molecule has 0 amide bonds. The first-order valence-corrected chi connectivity index (χ1v) is 11.0. The number of aliphatic imine (C=N–C) groups is 1. The van der Waals surface area contributed by atoms with Gasteiger partial charge in [-0.3, -0.25) is 0 Å². The van der Waals surface area contributed by atoms with E-state index < -0.39 is 5.97 Å². The molecule has 1 fully saturated rings. The second kappa shape index (κ2) is 9.13. The van der Waals surface area contributed by atoms with Gasteiger partial charge in [0.1, 0.15) is 29.6 Å². The standard InChI is InChI=1S/C25H22ClN3O4/c26-17-7-10-23-21(13-17)28-24(20-3-1-2-4-22(20)33-23)29-12-11-27-18(14-29)15-32-19-8-5-16(6-9-19)25(30)31/h1-10,13,18,27H,11-12,14-15H2,(H,30,31). The fraction of sp³-hybridized carbons (Fsp3) is 0.200. The van der Waals surface area contributed by atoms with Gasteiger partial charge in [-0.05, 0) is 54.6 Å². The summed E-state index contributed by atoms with van der Waals surface area (Å²) in [4.78, 5) is 18.2. The number of nitrogens with one attached hydrogen (secondary N) is 1. The lowest BCUT2D eigenvalue weighted by Gasteiger charge is -2.35. The average Bonchev–Trinajstić information content (AvgIpc) is 3.00. The fourth-order valence-corrected chi connectivity index (χ4v) is 4.12. The summed E-state index contributed by atoms with van der Waals surface area (Å²) in [6.07, 6.45) is 0. The van der Waals surface area contributed by atoms with E-state index in [1.165, 1.54) is 12.1 Å². The molecule has 0 spiro atoms. The van der Waals surface area contributed by atoms with Gasteiger partial charge < -0.3 is 24.8 Å². The third-order valence-electron chi connectivity index (χ3n) is 5.60. The number of ether oxygens (including phenoxy) is 2. The maximum Gasteiger partial charge on any atom is 0.335 e. The van der Waals surface area contributed by atoms with Crippen LogP contribution >= 0.6 is 11.6 Å². The third kappa shape index (κ3) is 4.65. The molecular weight excluding hydrogens is 442 g/mol. The number of benzene rings is 3. The van der Waals surface area contributed by atoms with Crippen molar-refractivity contribution in [2.45, 2.75) is 6.04 Å². The van der Waals surface area contributed by atoms with Gasteiger partial charge in [0.25, 0.3) is 0 Å². The predicted octanol–water partition coefficient (Wildman–Crippen LogP) is 4.58. The summed E-state index contributed by atoms with van der Waals surface area (Å²) in [5.74, 6) is 1.93. The number of halogens is 1. The van der Waals surface area contributed by atoms with E-state index >= 15 is 0 Å². The van der Waals surface area contributed by atoms with E-state index in [4.69, 9.17) is 31.2 Å². The highest BCUT2D eigenvalue weighted by molar-refractivity contribution is 6.31. The molecular formula is C25H22ClN3O4. The van der Waals surface area contributed by atoms with Gasteiger partial charge in [-0.2, -0.15) is 0 Å². The predicted molar refractivity (Wildman–Crippen MR) is 126 cm³/mol. The molecule has 1 saturated heterocycles. The Hall–Kier alpha value is -3.55. The Bertz CT molecular complexity index is 1210. The van der Waals surface area contributed by atoms with Crippen molar-refractivity contribution in [3.63, 3.8) is 0 Å². The largest absolute Gasteiger partial charge is 0.492 e. The zero-order chi connectivity index (χ0) is 22.8. The van der Waals surface area contributed by atoms with Crippen LogP contribution in [-0.4, -0.2) is 54.1 Å². The first-order chi connectivity index (χ1) is 16.1. The molecule has 7 nitrogen and oxygen atoms in total. The minimum Gasteiger partial charge on any atom is -0.492 e. The van der Waals surface area contributed by atoms with E-state index in [1.807, 2.05) is 36.4 Å². The summed E-state index contributed by atoms with van der Waals surface area (Å²) < 4.78 is 12.1. The van der Waals surface area contributed by atoms with Crippen molar-refractivity contribution in [3.05, 3.63) is 82.9 Å². The van der Waals surface area contributed by atoms with E-state index in [9.17, 15) is 4.79 Å². The van der Waals surface area contributed by atoms with Crippen LogP contribution in [0.3, 0.4) is 0 Å². The van der Waals surface area contributed by atoms with E-state index in [0.29, 0.717) is 35.4 Å². The molecule has 0 aliphatic carbocycles. The monoisotopic (exact) mass is 463 g/mol. The van der Waals surface area contributed by atoms with Crippen molar-refractivity contribution in [2.24, 2.45) is 4.99 Å². The molecule has 2 N–H and O–H groups in total. The average molecular weight is 464 g/mol. The van der Waals surface area contributed by atoms with Crippen molar-refractivity contribution in [2.75, 3.05) is 26.2 Å². The summed E-state index contributed by atoms with van der Waals surface area (Å²) in [6.45, 7) is 2.69. The van der Waals surface area contributed by atoms with Crippen LogP contribution in [0.1, 0.15) is 15.9 Å². The second-order valence-corrected chi connectivity index (χ2v) is 8.32. The van der Waals surface area contributed by atoms with E-state index in [-0.39, 0.29) is 11.6 Å². The first-order valence-electron chi connectivity index (χ1n) is 10.7. The molecule has 1 atom stereocenters. The Morgan fingerprint density at radius 3 is 2.79 bits per heavy atom. The van der Waals surface area contributed by atoms with Gasteiger partial charge in [0.2, 0.25) is 0 Å². The topological polar surface area (TPSA) is 83.4 Å². The first kappa shape index (κ1) is 21.3. The zero-order valence-corrected chi connectivity index (χ0v) is 18.5. The molecule has 33 heavy (non-hydrogen) atoms. The highest BCUT2D eigenvalue weighted by atomic mass is 35.5. The summed E-state index contributed by atoms with van der Waals surface area (Å²) in [7, 11) is 0. The van der Waals surface area contributed by atoms with Crippen molar-refractivity contribution < 1.29 is 19.4 Å². The van der Waals surface area contributed by atoms with Gasteiger partial charge >= 0.3 is 5.97 Å². The molecule has 0 aromatic heterocycles. The quantitative estimate of drug-likeness (QED) is 0.589. The van der Waals surface area contributed by atoms with Crippen LogP contribution < -0.4 is 14.8 Å². The molecule has 8 heteroatoms. The Balaban J connectivity index is 1.36. The maximum absolute atomic E-state index is 11.0. The molecule has 0 saturated carbocycles. The number of aromatic carboxylic acids is 1. The number of hydrogen-bond donors (Lipinski definition) is 2. The van der Waals surface area contributed by atoms with E-state index in [0.717, 1.165) is 30.2 Å². The van der Waals surface area contributed by atoms with Crippen LogP contribution in [0.25, 0.3) is 0 Å². The van der Waals surface area contributed by atoms with Gasteiger partial charge in [-0.25, -0.2) is 9.79 Å². The number of nitrogens with zero attached hydrogens (tertiary/aromatic N) is 2. The second-order valence-electron chi connectivity index (χ2n) is 7.88. The number of para-hydroxylation sites is 1. The summed E-state index contributed by atoms with van der Waals surface area (Å²) >= 11 is 6.23. The molecule has 3 aromatic carbocycles. The number of carbonyl (C=O) groups is 1. The lowest BCUT2D eigenvalue weighted by atomic mass is 10.1. The van der Waals surface area contributed by atoms with Gasteiger partial charge in [0.05, 0.1) is 17.2 Å². The van der Waals surface area contributed by atoms with Crippen molar-refractivity contribution in [3.8, 4) is 17.2 Å². The number of hydrogen-bond acceptors (Lipinski definition) is 6. The van der Waals surface area contributed by atoms with Gasteiger partial charge in [-0.1, -0.05) is 23.7 Å². The summed E-state index contributed by atoms with van der Waals surface area (Å²) in [6, 6.07) is 19.8. The minimum absolute atomic E-state index is 0.0655. The Labute approximate surface area is 196 Å². The molecule has 168 valence electrons. The number of carboxylic acid groups (broad SMARTS) is 1. The molecule has 0 bridgehead atoms. The molecule has 3 aromatic rings. The molecule has 2 aliphatic heterocycles. The molecule has 1 unspecified atom stereocenters. The summed E-state index contributed by atoms with van der Waals surface area (Å²) in [5.41, 5.74) is 1.85. The van der Waals surface area contributed by atoms with Crippen LogP contribution in [-0.2, 0) is 0 Å². The third-order valence-corrected chi connectivity index (χ3v) is 5.84. The number of carboxylic acids is 1. The molecule has 0 radical (unpaired) electrons. The Kier molecular flexibility index (Phi) is 5.90. The number of piperazine rings is 1.